The van der Waals surface area contributed by atoms with Gasteiger partial charge in [-0.1, -0.05) is 6.07 Å². The average Bonchev–Trinajstić information content (AvgIpc) is 3.29. The maximum Gasteiger partial charge on any atom is 0.272 e. The lowest BCUT2D eigenvalue weighted by Crippen LogP contribution is -2.31. The SMILES string of the molecule is Cc1nc(C(=O)N2CCCC2c2ccc3c(c2)OCO3)ccc1C#N. The molecule has 6 heteroatoms. The maximum absolute atomic E-state index is 12.9. The summed E-state index contributed by atoms with van der Waals surface area (Å²) in [4.78, 5) is 19.1. The summed E-state index contributed by atoms with van der Waals surface area (Å²) in [6.07, 6.45) is 1.85. The highest BCUT2D eigenvalue weighted by molar-refractivity contribution is 5.93. The number of ether oxygens (including phenoxy) is 2. The highest BCUT2D eigenvalue weighted by atomic mass is 16.7. The van der Waals surface area contributed by atoms with Crippen LogP contribution in [0.4, 0.5) is 0 Å². The molecule has 0 N–H and O–H groups in total. The molecule has 2 aliphatic heterocycles. The molecule has 0 saturated carbocycles. The summed E-state index contributed by atoms with van der Waals surface area (Å²) in [6.45, 7) is 2.67. The molecule has 1 atom stereocenters. The Kier molecular flexibility index (Phi) is 3.77. The number of aromatic nitrogens is 1. The fourth-order valence-corrected chi connectivity index (χ4v) is 3.42. The fourth-order valence-electron chi connectivity index (χ4n) is 3.42. The summed E-state index contributed by atoms with van der Waals surface area (Å²) in [5.74, 6) is 1.36. The normalized spacial score (nSPS) is 18.2. The number of nitrogens with zero attached hydrogens (tertiary/aromatic N) is 3. The Bertz CT molecular complexity index is 888. The molecular weight excluding hydrogens is 318 g/mol. The molecule has 0 radical (unpaired) electrons. The minimum atomic E-state index is -0.104. The number of nitriles is 1. The summed E-state index contributed by atoms with van der Waals surface area (Å²) >= 11 is 0. The van der Waals surface area contributed by atoms with Gasteiger partial charge in [-0.05, 0) is 49.6 Å². The molecule has 1 saturated heterocycles. The van der Waals surface area contributed by atoms with Crippen molar-refractivity contribution in [2.45, 2.75) is 25.8 Å². The molecule has 1 fully saturated rings. The van der Waals surface area contributed by atoms with E-state index in [-0.39, 0.29) is 18.7 Å². The van der Waals surface area contributed by atoms with E-state index in [9.17, 15) is 4.79 Å². The molecule has 6 nitrogen and oxygen atoms in total. The predicted octanol–water partition coefficient (Wildman–Crippen LogP) is 2.97. The van der Waals surface area contributed by atoms with Crippen LogP contribution < -0.4 is 9.47 Å². The molecule has 126 valence electrons. The number of hydrogen-bond acceptors (Lipinski definition) is 5. The third-order valence-corrected chi connectivity index (χ3v) is 4.72. The van der Waals surface area contributed by atoms with E-state index in [1.165, 1.54) is 0 Å². The van der Waals surface area contributed by atoms with E-state index in [1.807, 2.05) is 23.1 Å². The number of carbonyl (C=O) groups is 1. The highest BCUT2D eigenvalue weighted by Gasteiger charge is 2.32. The number of amides is 1. The number of aryl methyl sites for hydroxylation is 1. The van der Waals surface area contributed by atoms with E-state index in [2.05, 4.69) is 11.1 Å². The lowest BCUT2D eigenvalue weighted by atomic mass is 10.0. The summed E-state index contributed by atoms with van der Waals surface area (Å²) in [5, 5.41) is 9.02. The van der Waals surface area contributed by atoms with Gasteiger partial charge in [-0.3, -0.25) is 4.79 Å². The van der Waals surface area contributed by atoms with Gasteiger partial charge in [0.05, 0.1) is 17.3 Å². The first-order valence-electron chi connectivity index (χ1n) is 8.25. The molecule has 4 rings (SSSR count). The van der Waals surface area contributed by atoms with Crippen molar-refractivity contribution in [3.63, 3.8) is 0 Å². The van der Waals surface area contributed by atoms with Crippen LogP contribution in [0.5, 0.6) is 11.5 Å². The molecule has 1 unspecified atom stereocenters. The van der Waals surface area contributed by atoms with Crippen molar-refractivity contribution >= 4 is 5.91 Å². The minimum absolute atomic E-state index is 0.000232. The Balaban J connectivity index is 1.62. The molecule has 1 aromatic carbocycles. The second-order valence-corrected chi connectivity index (χ2v) is 6.21. The van der Waals surface area contributed by atoms with Crippen LogP contribution in [-0.2, 0) is 0 Å². The molecular formula is C19H17N3O3. The van der Waals surface area contributed by atoms with Crippen molar-refractivity contribution in [1.82, 2.24) is 9.88 Å². The molecule has 3 heterocycles. The number of pyridine rings is 1. The number of rotatable bonds is 2. The number of likely N-dealkylation sites (tertiary alicyclic amines) is 1. The molecule has 0 bridgehead atoms. The quantitative estimate of drug-likeness (QED) is 0.843. The Hall–Kier alpha value is -3.07. The van der Waals surface area contributed by atoms with Crippen LogP contribution in [-0.4, -0.2) is 29.1 Å². The van der Waals surface area contributed by atoms with Gasteiger partial charge >= 0.3 is 0 Å². The second kappa shape index (κ2) is 6.10. The smallest absolute Gasteiger partial charge is 0.272 e. The van der Waals surface area contributed by atoms with Gasteiger partial charge in [0, 0.05) is 6.54 Å². The van der Waals surface area contributed by atoms with Crippen molar-refractivity contribution < 1.29 is 14.3 Å². The van der Waals surface area contributed by atoms with Crippen molar-refractivity contribution in [2.24, 2.45) is 0 Å². The van der Waals surface area contributed by atoms with Gasteiger partial charge in [-0.2, -0.15) is 5.26 Å². The van der Waals surface area contributed by atoms with Crippen LogP contribution in [0.25, 0.3) is 0 Å². The second-order valence-electron chi connectivity index (χ2n) is 6.21. The molecule has 25 heavy (non-hydrogen) atoms. The molecule has 1 aromatic heterocycles. The van der Waals surface area contributed by atoms with Crippen LogP contribution >= 0.6 is 0 Å². The zero-order valence-corrected chi connectivity index (χ0v) is 13.9. The van der Waals surface area contributed by atoms with Gasteiger partial charge in [0.2, 0.25) is 6.79 Å². The first-order valence-corrected chi connectivity index (χ1v) is 8.25. The highest BCUT2D eigenvalue weighted by Crippen LogP contribution is 2.39. The third-order valence-electron chi connectivity index (χ3n) is 4.72. The monoisotopic (exact) mass is 335 g/mol. The van der Waals surface area contributed by atoms with Gasteiger partial charge in [0.1, 0.15) is 11.8 Å². The Morgan fingerprint density at radius 1 is 1.28 bits per heavy atom. The topological polar surface area (TPSA) is 75.5 Å². The summed E-state index contributed by atoms with van der Waals surface area (Å²) in [7, 11) is 0. The lowest BCUT2D eigenvalue weighted by Gasteiger charge is -2.25. The van der Waals surface area contributed by atoms with E-state index in [0.717, 1.165) is 29.9 Å². The molecule has 2 aromatic rings. The molecule has 1 amide bonds. The van der Waals surface area contributed by atoms with E-state index < -0.39 is 0 Å². The fraction of sp³-hybridized carbons (Fsp3) is 0.316. The zero-order chi connectivity index (χ0) is 17.4. The number of benzene rings is 1. The van der Waals surface area contributed by atoms with E-state index in [0.29, 0.717) is 23.5 Å². The Morgan fingerprint density at radius 2 is 2.12 bits per heavy atom. The van der Waals surface area contributed by atoms with Crippen molar-refractivity contribution in [1.29, 1.82) is 5.26 Å². The van der Waals surface area contributed by atoms with Gasteiger partial charge < -0.3 is 14.4 Å². The third kappa shape index (κ3) is 2.68. The number of carbonyl (C=O) groups excluding carboxylic acids is 1. The largest absolute Gasteiger partial charge is 0.454 e. The van der Waals surface area contributed by atoms with Crippen LogP contribution in [0.1, 0.15) is 46.2 Å². The van der Waals surface area contributed by atoms with Gasteiger partial charge in [-0.15, -0.1) is 0 Å². The van der Waals surface area contributed by atoms with Crippen LogP contribution in [0, 0.1) is 18.3 Å². The molecule has 0 aliphatic carbocycles. The van der Waals surface area contributed by atoms with Crippen LogP contribution in [0.2, 0.25) is 0 Å². The van der Waals surface area contributed by atoms with Crippen LogP contribution in [0.15, 0.2) is 30.3 Å². The van der Waals surface area contributed by atoms with Crippen molar-refractivity contribution in [3.05, 3.63) is 52.8 Å². The minimum Gasteiger partial charge on any atom is -0.454 e. The van der Waals surface area contributed by atoms with Crippen molar-refractivity contribution in [2.75, 3.05) is 13.3 Å². The number of hydrogen-bond donors (Lipinski definition) is 0. The summed E-state index contributed by atoms with van der Waals surface area (Å²) in [5.41, 5.74) is 2.49. The molecule has 2 aliphatic rings. The Labute approximate surface area is 145 Å². The van der Waals surface area contributed by atoms with Crippen molar-refractivity contribution in [3.8, 4) is 17.6 Å². The lowest BCUT2D eigenvalue weighted by molar-refractivity contribution is 0.0729. The standard InChI is InChI=1S/C19H17N3O3/c1-12-14(10-20)4-6-15(21-12)19(23)22-8-2-3-16(22)13-5-7-17-18(9-13)25-11-24-17/h4-7,9,16H,2-3,8,11H2,1H3. The summed E-state index contributed by atoms with van der Waals surface area (Å²) < 4.78 is 10.8. The average molecular weight is 335 g/mol. The maximum atomic E-state index is 12.9. The Morgan fingerprint density at radius 3 is 2.92 bits per heavy atom. The van der Waals surface area contributed by atoms with Gasteiger partial charge in [-0.25, -0.2) is 4.98 Å². The molecule has 0 spiro atoms. The zero-order valence-electron chi connectivity index (χ0n) is 13.9. The predicted molar refractivity (Wildman–Crippen MR) is 89.3 cm³/mol. The first-order chi connectivity index (χ1) is 12.2. The summed E-state index contributed by atoms with van der Waals surface area (Å²) in [6, 6.07) is 11.2. The van der Waals surface area contributed by atoms with E-state index in [4.69, 9.17) is 14.7 Å². The van der Waals surface area contributed by atoms with E-state index >= 15 is 0 Å². The van der Waals surface area contributed by atoms with E-state index in [1.54, 1.807) is 19.1 Å². The number of fused-ring (bicyclic) bond motifs is 1. The van der Waals surface area contributed by atoms with Crippen LogP contribution in [0.3, 0.4) is 0 Å². The first kappa shape index (κ1) is 15.5. The van der Waals surface area contributed by atoms with Gasteiger partial charge in [0.25, 0.3) is 5.91 Å². The van der Waals surface area contributed by atoms with Gasteiger partial charge in [0.15, 0.2) is 11.5 Å².